The molecule has 0 saturated carbocycles. The Bertz CT molecular complexity index is 776. The van der Waals surface area contributed by atoms with Gasteiger partial charge in [-0.3, -0.25) is 4.79 Å². The highest BCUT2D eigenvalue weighted by Crippen LogP contribution is 2.20. The largest absolute Gasteiger partial charge is 0.449 e. The predicted octanol–water partition coefficient (Wildman–Crippen LogP) is 3.17. The van der Waals surface area contributed by atoms with E-state index in [0.29, 0.717) is 10.7 Å². The molecule has 0 heterocycles. The number of hydrogen-bond acceptors (Lipinski definition) is 5. The lowest BCUT2D eigenvalue weighted by Gasteiger charge is -2.16. The van der Waals surface area contributed by atoms with Gasteiger partial charge in [0.1, 0.15) is 0 Å². The second-order valence-corrected chi connectivity index (χ2v) is 6.15. The average molecular weight is 362 g/mol. The Labute approximate surface area is 151 Å². The third-order valence-corrected chi connectivity index (χ3v) is 3.77. The van der Waals surface area contributed by atoms with Crippen molar-refractivity contribution >= 4 is 40.5 Å². The van der Waals surface area contributed by atoms with Gasteiger partial charge in [0.15, 0.2) is 6.10 Å². The van der Waals surface area contributed by atoms with Crippen LogP contribution in [0.25, 0.3) is 0 Å². The van der Waals surface area contributed by atoms with Crippen molar-refractivity contribution in [1.29, 1.82) is 0 Å². The molecule has 6 nitrogen and oxygen atoms in total. The first-order valence-electron chi connectivity index (χ1n) is 7.62. The third-order valence-electron chi connectivity index (χ3n) is 3.54. The van der Waals surface area contributed by atoms with E-state index < -0.39 is 18.0 Å². The predicted molar refractivity (Wildman–Crippen MR) is 100 cm³/mol. The fourth-order valence-electron chi connectivity index (χ4n) is 2.08. The normalized spacial score (nSPS) is 11.5. The molecule has 0 aliphatic rings. The zero-order chi connectivity index (χ0) is 18.6. The zero-order valence-electron chi connectivity index (χ0n) is 14.2. The van der Waals surface area contributed by atoms with Gasteiger partial charge in [0.2, 0.25) is 0 Å². The van der Waals surface area contributed by atoms with Gasteiger partial charge < -0.3 is 20.7 Å². The number of hydrogen-bond donors (Lipinski definition) is 2. The number of carbonyl (C=O) groups is 2. The molecule has 2 aromatic carbocycles. The van der Waals surface area contributed by atoms with Crippen LogP contribution in [0.15, 0.2) is 42.5 Å². The molecule has 25 heavy (non-hydrogen) atoms. The summed E-state index contributed by atoms with van der Waals surface area (Å²) in [6, 6.07) is 11.8. The van der Waals surface area contributed by atoms with Gasteiger partial charge in [-0.2, -0.15) is 0 Å². The van der Waals surface area contributed by atoms with Crippen LogP contribution in [0.5, 0.6) is 0 Å². The van der Waals surface area contributed by atoms with Crippen LogP contribution in [0.2, 0.25) is 5.02 Å². The first-order valence-corrected chi connectivity index (χ1v) is 8.00. The number of ether oxygens (including phenoxy) is 1. The van der Waals surface area contributed by atoms with Crippen molar-refractivity contribution in [1.82, 2.24) is 0 Å². The summed E-state index contributed by atoms with van der Waals surface area (Å²) >= 11 is 5.80. The molecular formula is C18H20ClN3O3. The molecule has 2 aromatic rings. The molecule has 0 saturated heterocycles. The van der Waals surface area contributed by atoms with E-state index >= 15 is 0 Å². The molecule has 0 spiro atoms. The number of rotatable bonds is 5. The molecule has 3 N–H and O–H groups in total. The maximum Gasteiger partial charge on any atom is 0.341 e. The first kappa shape index (κ1) is 18.6. The number of anilines is 3. The Morgan fingerprint density at radius 2 is 1.80 bits per heavy atom. The molecule has 0 radical (unpaired) electrons. The molecule has 2 rings (SSSR count). The van der Waals surface area contributed by atoms with E-state index in [-0.39, 0.29) is 11.3 Å². The van der Waals surface area contributed by atoms with Crippen molar-refractivity contribution in [2.75, 3.05) is 30.0 Å². The van der Waals surface area contributed by atoms with Gasteiger partial charge in [0, 0.05) is 36.2 Å². The molecular weight excluding hydrogens is 342 g/mol. The van der Waals surface area contributed by atoms with Crippen LogP contribution in [0.4, 0.5) is 17.1 Å². The van der Waals surface area contributed by atoms with Crippen LogP contribution in [-0.2, 0) is 9.53 Å². The van der Waals surface area contributed by atoms with Gasteiger partial charge in [-0.25, -0.2) is 4.79 Å². The Hall–Kier alpha value is -2.73. The van der Waals surface area contributed by atoms with Crippen LogP contribution in [0.1, 0.15) is 17.3 Å². The Morgan fingerprint density at radius 3 is 2.36 bits per heavy atom. The number of nitrogens with zero attached hydrogens (tertiary/aromatic N) is 1. The summed E-state index contributed by atoms with van der Waals surface area (Å²) in [6.45, 7) is 1.49. The lowest BCUT2D eigenvalue weighted by atomic mass is 10.2. The molecule has 7 heteroatoms. The summed E-state index contributed by atoms with van der Waals surface area (Å²) in [5.74, 6) is -1.11. The molecule has 132 valence electrons. The van der Waals surface area contributed by atoms with Gasteiger partial charge >= 0.3 is 5.97 Å². The summed E-state index contributed by atoms with van der Waals surface area (Å²) in [6.07, 6.45) is -0.976. The summed E-state index contributed by atoms with van der Waals surface area (Å²) in [7, 11) is 3.86. The second-order valence-electron chi connectivity index (χ2n) is 5.71. The van der Waals surface area contributed by atoms with Crippen LogP contribution >= 0.6 is 11.6 Å². The fourth-order valence-corrected chi connectivity index (χ4v) is 2.26. The van der Waals surface area contributed by atoms with Gasteiger partial charge in [0.25, 0.3) is 5.91 Å². The van der Waals surface area contributed by atoms with E-state index in [9.17, 15) is 9.59 Å². The van der Waals surface area contributed by atoms with E-state index in [1.165, 1.54) is 25.1 Å². The average Bonchev–Trinajstić information content (AvgIpc) is 2.55. The molecule has 1 amide bonds. The number of benzene rings is 2. The number of nitrogens with one attached hydrogen (secondary N) is 1. The Balaban J connectivity index is 1.98. The van der Waals surface area contributed by atoms with Gasteiger partial charge in [0.05, 0.1) is 5.56 Å². The van der Waals surface area contributed by atoms with Crippen LogP contribution in [-0.4, -0.2) is 32.1 Å². The molecule has 0 aromatic heterocycles. The van der Waals surface area contributed by atoms with E-state index in [4.69, 9.17) is 22.1 Å². The summed E-state index contributed by atoms with van der Waals surface area (Å²) in [4.78, 5) is 26.3. The smallest absolute Gasteiger partial charge is 0.341 e. The van der Waals surface area contributed by atoms with E-state index in [1.807, 2.05) is 31.1 Å². The number of nitrogens with two attached hydrogens (primary N) is 1. The topological polar surface area (TPSA) is 84.7 Å². The Kier molecular flexibility index (Phi) is 5.88. The minimum atomic E-state index is -0.976. The minimum Gasteiger partial charge on any atom is -0.449 e. The number of halogens is 1. The van der Waals surface area contributed by atoms with Crippen molar-refractivity contribution in [3.63, 3.8) is 0 Å². The van der Waals surface area contributed by atoms with E-state index in [1.54, 1.807) is 12.1 Å². The van der Waals surface area contributed by atoms with Gasteiger partial charge in [-0.15, -0.1) is 0 Å². The zero-order valence-corrected chi connectivity index (χ0v) is 15.0. The molecule has 0 aliphatic carbocycles. The Morgan fingerprint density at radius 1 is 1.16 bits per heavy atom. The molecule has 0 aliphatic heterocycles. The SMILES string of the molecule is C[C@@H](OC(=O)c1ccc(Cl)cc1N)C(=O)Nc1ccc(N(C)C)cc1. The van der Waals surface area contributed by atoms with Crippen LogP contribution in [0, 0.1) is 0 Å². The molecule has 0 fully saturated rings. The molecule has 0 unspecified atom stereocenters. The highest BCUT2D eigenvalue weighted by Gasteiger charge is 2.20. The summed E-state index contributed by atoms with van der Waals surface area (Å²) < 4.78 is 5.17. The van der Waals surface area contributed by atoms with Crippen molar-refractivity contribution in [3.05, 3.63) is 53.1 Å². The van der Waals surface area contributed by atoms with E-state index in [2.05, 4.69) is 5.32 Å². The number of amides is 1. The van der Waals surface area contributed by atoms with E-state index in [0.717, 1.165) is 5.69 Å². The minimum absolute atomic E-state index is 0.166. The quantitative estimate of drug-likeness (QED) is 0.631. The van der Waals surface area contributed by atoms with Crippen molar-refractivity contribution in [2.24, 2.45) is 0 Å². The standard InChI is InChI=1S/C18H20ClN3O3/c1-11(25-18(24)15-9-4-12(19)10-16(15)20)17(23)21-13-5-7-14(8-6-13)22(2)3/h4-11H,20H2,1-3H3,(H,21,23)/t11-/m1/s1. The number of nitrogen functional groups attached to an aromatic ring is 1. The summed E-state index contributed by atoms with van der Waals surface area (Å²) in [5.41, 5.74) is 7.74. The first-order chi connectivity index (χ1) is 11.8. The maximum absolute atomic E-state index is 12.2. The van der Waals surface area contributed by atoms with Crippen LogP contribution < -0.4 is 16.0 Å². The lowest BCUT2D eigenvalue weighted by molar-refractivity contribution is -0.123. The second kappa shape index (κ2) is 7.90. The van der Waals surface area contributed by atoms with Crippen molar-refractivity contribution in [2.45, 2.75) is 13.0 Å². The summed E-state index contributed by atoms with van der Waals surface area (Å²) in [5, 5.41) is 3.12. The molecule has 0 bridgehead atoms. The van der Waals surface area contributed by atoms with Crippen molar-refractivity contribution < 1.29 is 14.3 Å². The fraction of sp³-hybridized carbons (Fsp3) is 0.222. The maximum atomic E-state index is 12.2. The van der Waals surface area contributed by atoms with Gasteiger partial charge in [-0.1, -0.05) is 11.6 Å². The highest BCUT2D eigenvalue weighted by atomic mass is 35.5. The number of carbonyl (C=O) groups excluding carboxylic acids is 2. The van der Waals surface area contributed by atoms with Crippen LogP contribution in [0.3, 0.4) is 0 Å². The monoisotopic (exact) mass is 361 g/mol. The molecule has 1 atom stereocenters. The third kappa shape index (κ3) is 4.87. The highest BCUT2D eigenvalue weighted by molar-refractivity contribution is 6.31. The number of esters is 1. The lowest BCUT2D eigenvalue weighted by Crippen LogP contribution is -2.30. The van der Waals surface area contributed by atoms with Crippen molar-refractivity contribution in [3.8, 4) is 0 Å². The van der Waals surface area contributed by atoms with Gasteiger partial charge in [-0.05, 0) is 49.4 Å².